The average molecular weight is 435 g/mol. The fourth-order valence-corrected chi connectivity index (χ4v) is 3.33. The third-order valence-electron chi connectivity index (χ3n) is 3.87. The van der Waals surface area contributed by atoms with Gasteiger partial charge in [-0.1, -0.05) is 34.1 Å². The molecule has 27 heavy (non-hydrogen) atoms. The number of carbonyl (C=O) groups excluding carboxylic acids is 2. The number of ether oxygens (including phenoxy) is 2. The first-order valence-corrected chi connectivity index (χ1v) is 9.23. The van der Waals surface area contributed by atoms with Crippen molar-refractivity contribution >= 4 is 27.7 Å². The molecule has 7 heteroatoms. The minimum absolute atomic E-state index is 0.197. The minimum atomic E-state index is -0.461. The summed E-state index contributed by atoms with van der Waals surface area (Å²) in [7, 11) is 0. The predicted octanol–water partition coefficient (Wildman–Crippen LogP) is 3.29. The van der Waals surface area contributed by atoms with Crippen molar-refractivity contribution in [3.8, 4) is 11.5 Å². The molecule has 2 N–H and O–H groups in total. The molecule has 0 heterocycles. The Kier molecular flexibility index (Phi) is 7.24. The first-order chi connectivity index (χ1) is 12.8. The number of halogens is 1. The van der Waals surface area contributed by atoms with E-state index in [-0.39, 0.29) is 13.2 Å². The van der Waals surface area contributed by atoms with Crippen molar-refractivity contribution in [3.05, 3.63) is 57.1 Å². The molecule has 6 nitrogen and oxygen atoms in total. The Balaban J connectivity index is 1.78. The van der Waals surface area contributed by atoms with Gasteiger partial charge in [0.25, 0.3) is 11.8 Å². The van der Waals surface area contributed by atoms with Gasteiger partial charge in [-0.05, 0) is 62.1 Å². The lowest BCUT2D eigenvalue weighted by molar-refractivity contribution is -0.131. The van der Waals surface area contributed by atoms with Gasteiger partial charge < -0.3 is 9.47 Å². The van der Waals surface area contributed by atoms with Crippen molar-refractivity contribution in [2.45, 2.75) is 27.7 Å². The van der Waals surface area contributed by atoms with E-state index in [9.17, 15) is 9.59 Å². The van der Waals surface area contributed by atoms with Crippen LogP contribution in [-0.2, 0) is 9.59 Å². The van der Waals surface area contributed by atoms with E-state index >= 15 is 0 Å². The third kappa shape index (κ3) is 5.99. The number of carbonyl (C=O) groups is 2. The van der Waals surface area contributed by atoms with E-state index < -0.39 is 11.8 Å². The lowest BCUT2D eigenvalue weighted by atomic mass is 10.1. The van der Waals surface area contributed by atoms with Gasteiger partial charge in [0.1, 0.15) is 11.5 Å². The van der Waals surface area contributed by atoms with E-state index in [1.54, 1.807) is 0 Å². The lowest BCUT2D eigenvalue weighted by Gasteiger charge is -2.14. The minimum Gasteiger partial charge on any atom is -0.483 e. The molecule has 0 atom stereocenters. The first-order valence-electron chi connectivity index (χ1n) is 8.44. The molecule has 144 valence electrons. The summed E-state index contributed by atoms with van der Waals surface area (Å²) in [5.74, 6) is 0.403. The zero-order valence-corrected chi connectivity index (χ0v) is 17.4. The lowest BCUT2D eigenvalue weighted by Crippen LogP contribution is -2.45. The van der Waals surface area contributed by atoms with Crippen molar-refractivity contribution in [1.82, 2.24) is 10.9 Å². The number of hydrazine groups is 1. The van der Waals surface area contributed by atoms with Crippen molar-refractivity contribution in [2.24, 2.45) is 0 Å². The molecule has 0 bridgehead atoms. The maximum absolute atomic E-state index is 11.9. The predicted molar refractivity (Wildman–Crippen MR) is 107 cm³/mol. The highest BCUT2D eigenvalue weighted by Crippen LogP contribution is 2.27. The van der Waals surface area contributed by atoms with E-state index in [2.05, 4.69) is 26.8 Å². The van der Waals surface area contributed by atoms with E-state index in [0.29, 0.717) is 11.5 Å². The summed E-state index contributed by atoms with van der Waals surface area (Å²) >= 11 is 3.41. The number of benzene rings is 2. The first kappa shape index (κ1) is 20.8. The molecule has 2 rings (SSSR count). The maximum atomic E-state index is 11.9. The Hall–Kier alpha value is -2.54. The fourth-order valence-electron chi connectivity index (χ4n) is 2.64. The van der Waals surface area contributed by atoms with Gasteiger partial charge in [0, 0.05) is 4.47 Å². The fraction of sp³-hybridized carbons (Fsp3) is 0.300. The smallest absolute Gasteiger partial charge is 0.276 e. The summed E-state index contributed by atoms with van der Waals surface area (Å²) in [4.78, 5) is 23.8. The van der Waals surface area contributed by atoms with E-state index in [4.69, 9.17) is 9.47 Å². The van der Waals surface area contributed by atoms with Crippen LogP contribution in [-0.4, -0.2) is 25.0 Å². The molecular weight excluding hydrogens is 412 g/mol. The van der Waals surface area contributed by atoms with E-state index in [0.717, 1.165) is 26.7 Å². The standard InChI is InChI=1S/C20H23BrN2O4/c1-12-6-5-7-13(2)19(12)26-10-17(24)22-23-18(25)11-27-20-14(3)8-16(21)9-15(20)4/h5-9H,10-11H2,1-4H3,(H,22,24)(H,23,25). The zero-order valence-electron chi connectivity index (χ0n) is 15.8. The molecule has 0 aromatic heterocycles. The largest absolute Gasteiger partial charge is 0.483 e. The topological polar surface area (TPSA) is 76.7 Å². The molecular formula is C20H23BrN2O4. The monoisotopic (exact) mass is 434 g/mol. The van der Waals surface area contributed by atoms with Crippen LogP contribution in [0.5, 0.6) is 11.5 Å². The Bertz CT molecular complexity index is 809. The van der Waals surface area contributed by atoms with E-state index in [1.807, 2.05) is 58.0 Å². The molecule has 0 fully saturated rings. The molecule has 0 aliphatic heterocycles. The van der Waals surface area contributed by atoms with Crippen molar-refractivity contribution < 1.29 is 19.1 Å². The molecule has 0 radical (unpaired) electrons. The van der Waals surface area contributed by atoms with Crippen LogP contribution in [0.25, 0.3) is 0 Å². The van der Waals surface area contributed by atoms with Crippen molar-refractivity contribution in [1.29, 1.82) is 0 Å². The van der Waals surface area contributed by atoms with Gasteiger partial charge in [-0.2, -0.15) is 0 Å². The summed E-state index contributed by atoms with van der Waals surface area (Å²) in [5.41, 5.74) is 8.36. The second kappa shape index (κ2) is 9.41. The number of hydrogen-bond acceptors (Lipinski definition) is 4. The molecule has 0 saturated heterocycles. The summed E-state index contributed by atoms with van der Waals surface area (Å²) in [6.07, 6.45) is 0. The Morgan fingerprint density at radius 1 is 0.815 bits per heavy atom. The number of hydrogen-bond donors (Lipinski definition) is 2. The van der Waals surface area contributed by atoms with Gasteiger partial charge in [0.2, 0.25) is 0 Å². The summed E-state index contributed by atoms with van der Waals surface area (Å²) in [6, 6.07) is 9.56. The van der Waals surface area contributed by atoms with Gasteiger partial charge in [-0.25, -0.2) is 0 Å². The molecule has 2 aromatic carbocycles. The number of rotatable bonds is 6. The van der Waals surface area contributed by atoms with Crippen molar-refractivity contribution in [3.63, 3.8) is 0 Å². The second-order valence-corrected chi connectivity index (χ2v) is 7.18. The van der Waals surface area contributed by atoms with Gasteiger partial charge in [-0.3, -0.25) is 20.4 Å². The molecule has 2 amide bonds. The zero-order chi connectivity index (χ0) is 20.0. The maximum Gasteiger partial charge on any atom is 0.276 e. The highest BCUT2D eigenvalue weighted by atomic mass is 79.9. The number of aryl methyl sites for hydroxylation is 4. The molecule has 0 saturated carbocycles. The van der Waals surface area contributed by atoms with Crippen LogP contribution in [0, 0.1) is 27.7 Å². The van der Waals surface area contributed by atoms with Crippen LogP contribution < -0.4 is 20.3 Å². The average Bonchev–Trinajstić information content (AvgIpc) is 2.58. The molecule has 0 spiro atoms. The Morgan fingerprint density at radius 3 is 1.67 bits per heavy atom. The molecule has 2 aromatic rings. The Morgan fingerprint density at radius 2 is 1.22 bits per heavy atom. The Labute approximate surface area is 167 Å². The number of para-hydroxylation sites is 1. The SMILES string of the molecule is Cc1cccc(C)c1OCC(=O)NNC(=O)COc1c(C)cc(Br)cc1C. The number of nitrogens with one attached hydrogen (secondary N) is 2. The highest BCUT2D eigenvalue weighted by Gasteiger charge is 2.11. The normalized spacial score (nSPS) is 10.3. The second-order valence-electron chi connectivity index (χ2n) is 6.26. The van der Waals surface area contributed by atoms with Crippen LogP contribution in [0.3, 0.4) is 0 Å². The summed E-state index contributed by atoms with van der Waals surface area (Å²) < 4.78 is 12.0. The van der Waals surface area contributed by atoms with Crippen LogP contribution in [0.1, 0.15) is 22.3 Å². The highest BCUT2D eigenvalue weighted by molar-refractivity contribution is 9.10. The van der Waals surface area contributed by atoms with Crippen LogP contribution >= 0.6 is 15.9 Å². The van der Waals surface area contributed by atoms with Crippen LogP contribution in [0.4, 0.5) is 0 Å². The summed E-state index contributed by atoms with van der Waals surface area (Å²) in [5, 5.41) is 0. The molecule has 0 aliphatic carbocycles. The van der Waals surface area contributed by atoms with Crippen LogP contribution in [0.15, 0.2) is 34.8 Å². The summed E-state index contributed by atoms with van der Waals surface area (Å²) in [6.45, 7) is 7.21. The number of amides is 2. The molecule has 0 unspecified atom stereocenters. The van der Waals surface area contributed by atoms with Gasteiger partial charge >= 0.3 is 0 Å². The quantitative estimate of drug-likeness (QED) is 0.683. The molecule has 0 aliphatic rings. The van der Waals surface area contributed by atoms with Crippen molar-refractivity contribution in [2.75, 3.05) is 13.2 Å². The van der Waals surface area contributed by atoms with E-state index in [1.165, 1.54) is 0 Å². The van der Waals surface area contributed by atoms with Gasteiger partial charge in [-0.15, -0.1) is 0 Å². The van der Waals surface area contributed by atoms with Gasteiger partial charge in [0.05, 0.1) is 0 Å². The van der Waals surface area contributed by atoms with Gasteiger partial charge in [0.15, 0.2) is 13.2 Å². The van der Waals surface area contributed by atoms with Crippen LogP contribution in [0.2, 0.25) is 0 Å². The third-order valence-corrected chi connectivity index (χ3v) is 4.33.